The average molecular weight is 282 g/mol. The summed E-state index contributed by atoms with van der Waals surface area (Å²) in [6.07, 6.45) is 5.32. The Morgan fingerprint density at radius 3 is 3.05 bits per heavy atom. The minimum absolute atomic E-state index is 0.243. The van der Waals surface area contributed by atoms with Crippen molar-refractivity contribution in [2.24, 2.45) is 5.84 Å². The van der Waals surface area contributed by atoms with Crippen LogP contribution in [0.1, 0.15) is 43.7 Å². The molecule has 1 aromatic carbocycles. The van der Waals surface area contributed by atoms with Gasteiger partial charge in [0.25, 0.3) is 0 Å². The van der Waals surface area contributed by atoms with Crippen LogP contribution in [0.3, 0.4) is 0 Å². The van der Waals surface area contributed by atoms with Crippen LogP contribution in [-0.4, -0.2) is 19.8 Å². The lowest BCUT2D eigenvalue weighted by atomic mass is 9.98. The highest BCUT2D eigenvalue weighted by molar-refractivity contribution is 5.37. The fourth-order valence-electron chi connectivity index (χ4n) is 2.77. The molecule has 0 aromatic heterocycles. The van der Waals surface area contributed by atoms with Gasteiger partial charge in [0.2, 0.25) is 0 Å². The predicted molar refractivity (Wildman–Crippen MR) is 75.8 cm³/mol. The Morgan fingerprint density at radius 1 is 1.55 bits per heavy atom. The second-order valence-corrected chi connectivity index (χ2v) is 5.14. The molecule has 1 saturated heterocycles. The zero-order valence-electron chi connectivity index (χ0n) is 11.9. The highest BCUT2D eigenvalue weighted by Gasteiger charge is 2.21. The molecule has 20 heavy (non-hydrogen) atoms. The summed E-state index contributed by atoms with van der Waals surface area (Å²) in [4.78, 5) is 0. The lowest BCUT2D eigenvalue weighted by Gasteiger charge is -2.20. The Morgan fingerprint density at radius 2 is 2.40 bits per heavy atom. The lowest BCUT2D eigenvalue weighted by molar-refractivity contribution is 0.101. The minimum atomic E-state index is -0.288. The van der Waals surface area contributed by atoms with Gasteiger partial charge >= 0.3 is 0 Å². The summed E-state index contributed by atoms with van der Waals surface area (Å²) in [6, 6.07) is 4.58. The number of halogens is 1. The summed E-state index contributed by atoms with van der Waals surface area (Å²) >= 11 is 0. The lowest BCUT2D eigenvalue weighted by Crippen LogP contribution is -2.29. The zero-order chi connectivity index (χ0) is 14.4. The van der Waals surface area contributed by atoms with E-state index in [1.165, 1.54) is 13.2 Å². The molecule has 0 aliphatic carbocycles. The van der Waals surface area contributed by atoms with E-state index in [0.717, 1.165) is 38.7 Å². The first kappa shape index (κ1) is 15.2. The molecule has 4 nitrogen and oxygen atoms in total. The number of methoxy groups -OCH3 is 1. The topological polar surface area (TPSA) is 56.5 Å². The molecule has 1 aliphatic heterocycles. The molecule has 1 aromatic rings. The van der Waals surface area contributed by atoms with Gasteiger partial charge in [0.05, 0.1) is 19.3 Å². The van der Waals surface area contributed by atoms with Gasteiger partial charge in [-0.25, -0.2) is 4.39 Å². The highest BCUT2D eigenvalue weighted by atomic mass is 19.1. The first-order chi connectivity index (χ1) is 9.76. The van der Waals surface area contributed by atoms with E-state index in [4.69, 9.17) is 15.3 Å². The van der Waals surface area contributed by atoms with Crippen molar-refractivity contribution >= 4 is 0 Å². The molecular weight excluding hydrogens is 259 g/mol. The molecule has 1 heterocycles. The van der Waals surface area contributed by atoms with Crippen molar-refractivity contribution in [3.8, 4) is 5.75 Å². The molecule has 5 heteroatoms. The van der Waals surface area contributed by atoms with Crippen molar-refractivity contribution in [3.05, 3.63) is 29.6 Å². The molecule has 1 fully saturated rings. The van der Waals surface area contributed by atoms with Crippen LogP contribution in [0.25, 0.3) is 0 Å². The van der Waals surface area contributed by atoms with Crippen molar-refractivity contribution in [2.45, 2.75) is 44.2 Å². The van der Waals surface area contributed by atoms with Crippen LogP contribution in [0.4, 0.5) is 4.39 Å². The molecule has 0 bridgehead atoms. The number of ether oxygens (including phenoxy) is 2. The van der Waals surface area contributed by atoms with E-state index in [2.05, 4.69) is 5.43 Å². The van der Waals surface area contributed by atoms with Gasteiger partial charge < -0.3 is 9.47 Å². The Kier molecular flexibility index (Phi) is 5.76. The van der Waals surface area contributed by atoms with Gasteiger partial charge in [-0.05, 0) is 44.2 Å². The summed E-state index contributed by atoms with van der Waals surface area (Å²) in [5, 5.41) is 0. The van der Waals surface area contributed by atoms with Crippen molar-refractivity contribution in [1.82, 2.24) is 5.43 Å². The maximum Gasteiger partial charge on any atom is 0.131 e. The van der Waals surface area contributed by atoms with Gasteiger partial charge in [-0.3, -0.25) is 11.3 Å². The van der Waals surface area contributed by atoms with E-state index in [9.17, 15) is 4.39 Å². The van der Waals surface area contributed by atoms with Crippen LogP contribution in [0.15, 0.2) is 18.2 Å². The van der Waals surface area contributed by atoms with Crippen molar-refractivity contribution in [3.63, 3.8) is 0 Å². The van der Waals surface area contributed by atoms with Crippen LogP contribution in [-0.2, 0) is 4.74 Å². The monoisotopic (exact) mass is 282 g/mol. The molecule has 2 atom stereocenters. The number of benzene rings is 1. The van der Waals surface area contributed by atoms with Crippen molar-refractivity contribution < 1.29 is 13.9 Å². The van der Waals surface area contributed by atoms with E-state index in [1.54, 1.807) is 12.1 Å². The maximum atomic E-state index is 14.0. The molecular formula is C15H23FN2O2. The Hall–Kier alpha value is -1.17. The number of rotatable bonds is 7. The van der Waals surface area contributed by atoms with Gasteiger partial charge in [0, 0.05) is 12.2 Å². The van der Waals surface area contributed by atoms with E-state index in [1.807, 2.05) is 0 Å². The van der Waals surface area contributed by atoms with Gasteiger partial charge in [-0.2, -0.15) is 0 Å². The Bertz CT molecular complexity index is 422. The van der Waals surface area contributed by atoms with Crippen molar-refractivity contribution in [1.29, 1.82) is 0 Å². The van der Waals surface area contributed by atoms with Crippen LogP contribution in [0, 0.1) is 5.82 Å². The van der Waals surface area contributed by atoms with Gasteiger partial charge in [0.1, 0.15) is 11.6 Å². The van der Waals surface area contributed by atoms with Gasteiger partial charge in [0.15, 0.2) is 0 Å². The molecule has 0 radical (unpaired) electrons. The van der Waals surface area contributed by atoms with E-state index in [-0.39, 0.29) is 11.9 Å². The SMILES string of the molecule is COc1cccc(F)c1C(CCCC1CCCO1)NN. The number of hydrazine groups is 1. The molecule has 2 rings (SSSR count). The molecule has 0 amide bonds. The van der Waals surface area contributed by atoms with E-state index >= 15 is 0 Å². The number of nitrogens with one attached hydrogen (secondary N) is 1. The largest absolute Gasteiger partial charge is 0.496 e. The van der Waals surface area contributed by atoms with Crippen LogP contribution >= 0.6 is 0 Å². The van der Waals surface area contributed by atoms with Crippen LogP contribution in [0.5, 0.6) is 5.75 Å². The highest BCUT2D eigenvalue weighted by Crippen LogP contribution is 2.31. The number of hydrogen-bond acceptors (Lipinski definition) is 4. The summed E-state index contributed by atoms with van der Waals surface area (Å²) in [5.41, 5.74) is 3.20. The fourth-order valence-corrected chi connectivity index (χ4v) is 2.77. The third kappa shape index (κ3) is 3.69. The predicted octanol–water partition coefficient (Wildman–Crippen LogP) is 2.69. The first-order valence-electron chi connectivity index (χ1n) is 7.16. The van der Waals surface area contributed by atoms with E-state index in [0.29, 0.717) is 17.4 Å². The van der Waals surface area contributed by atoms with Crippen molar-refractivity contribution in [2.75, 3.05) is 13.7 Å². The molecule has 0 spiro atoms. The minimum Gasteiger partial charge on any atom is -0.496 e. The first-order valence-corrected chi connectivity index (χ1v) is 7.16. The summed E-state index contributed by atoms with van der Waals surface area (Å²) in [6.45, 7) is 0.865. The smallest absolute Gasteiger partial charge is 0.131 e. The third-order valence-electron chi connectivity index (χ3n) is 3.83. The van der Waals surface area contributed by atoms with Crippen LogP contribution < -0.4 is 16.0 Å². The molecule has 112 valence electrons. The Balaban J connectivity index is 1.96. The Labute approximate surface area is 119 Å². The summed E-state index contributed by atoms with van der Waals surface area (Å²) < 4.78 is 24.8. The summed E-state index contributed by atoms with van der Waals surface area (Å²) in [7, 11) is 1.54. The average Bonchev–Trinajstić information content (AvgIpc) is 2.97. The molecule has 1 aliphatic rings. The van der Waals surface area contributed by atoms with Gasteiger partial charge in [-0.15, -0.1) is 0 Å². The normalized spacial score (nSPS) is 20.1. The molecule has 2 unspecified atom stereocenters. The second kappa shape index (κ2) is 7.57. The quantitative estimate of drug-likeness (QED) is 0.596. The van der Waals surface area contributed by atoms with Gasteiger partial charge in [-0.1, -0.05) is 6.07 Å². The van der Waals surface area contributed by atoms with E-state index < -0.39 is 0 Å². The number of hydrogen-bond donors (Lipinski definition) is 2. The van der Waals surface area contributed by atoms with Crippen LogP contribution in [0.2, 0.25) is 0 Å². The third-order valence-corrected chi connectivity index (χ3v) is 3.83. The fraction of sp³-hybridized carbons (Fsp3) is 0.600. The molecule has 0 saturated carbocycles. The number of nitrogens with two attached hydrogens (primary N) is 1. The summed E-state index contributed by atoms with van der Waals surface area (Å²) in [5.74, 6) is 5.83. The second-order valence-electron chi connectivity index (χ2n) is 5.14. The standard InChI is InChI=1S/C15H23FN2O2/c1-19-14-9-3-7-12(16)15(14)13(18-17)8-2-5-11-6-4-10-20-11/h3,7,9,11,13,18H,2,4-6,8,10,17H2,1H3. The zero-order valence-corrected chi connectivity index (χ0v) is 11.9. The maximum absolute atomic E-state index is 14.0. The molecule has 3 N–H and O–H groups in total.